The molecule has 1 fully saturated rings. The molecule has 1 atom stereocenters. The van der Waals surface area contributed by atoms with Crippen molar-refractivity contribution in [2.24, 2.45) is 5.92 Å². The molecular weight excluding hydrogens is 254 g/mol. The number of carbonyl (C=O) groups is 1. The summed E-state index contributed by atoms with van der Waals surface area (Å²) in [6.45, 7) is 1.78. The lowest BCUT2D eigenvalue weighted by Gasteiger charge is -2.26. The molecule has 1 amide bonds. The number of ether oxygens (including phenoxy) is 1. The number of rotatable bonds is 3. The van der Waals surface area contributed by atoms with Gasteiger partial charge in [0.15, 0.2) is 0 Å². The number of nitrogens with zero attached hydrogens (tertiary/aromatic N) is 2. The van der Waals surface area contributed by atoms with Crippen LogP contribution in [0, 0.1) is 5.92 Å². The fraction of sp³-hybridized carbons (Fsp3) is 0.467. The molecule has 5 heteroatoms. The van der Waals surface area contributed by atoms with Crippen LogP contribution < -0.4 is 5.32 Å². The van der Waals surface area contributed by atoms with Gasteiger partial charge >= 0.3 is 0 Å². The monoisotopic (exact) mass is 271 g/mol. The highest BCUT2D eigenvalue weighted by Gasteiger charge is 2.31. The quantitative estimate of drug-likeness (QED) is 0.923. The highest BCUT2D eigenvalue weighted by molar-refractivity contribution is 5.81. The summed E-state index contributed by atoms with van der Waals surface area (Å²) in [4.78, 5) is 16.4. The van der Waals surface area contributed by atoms with Crippen LogP contribution in [-0.2, 0) is 16.1 Å². The van der Waals surface area contributed by atoms with Crippen molar-refractivity contribution in [1.29, 1.82) is 0 Å². The molecule has 1 aliphatic heterocycles. The van der Waals surface area contributed by atoms with Crippen LogP contribution in [0.1, 0.15) is 24.7 Å². The van der Waals surface area contributed by atoms with Crippen molar-refractivity contribution in [3.05, 3.63) is 30.1 Å². The average Bonchev–Trinajstić information content (AvgIpc) is 3.25. The Kier molecular flexibility index (Phi) is 2.73. The van der Waals surface area contributed by atoms with Crippen LogP contribution in [0.15, 0.2) is 24.3 Å². The van der Waals surface area contributed by atoms with E-state index in [0.29, 0.717) is 19.8 Å². The number of fused-ring (bicyclic) bond motifs is 3. The lowest BCUT2D eigenvalue weighted by Crippen LogP contribution is -2.36. The number of nitrogens with one attached hydrogen (secondary N) is 1. The first-order valence-corrected chi connectivity index (χ1v) is 7.14. The summed E-state index contributed by atoms with van der Waals surface area (Å²) in [5, 5.41) is 3.04. The van der Waals surface area contributed by atoms with E-state index >= 15 is 0 Å². The SMILES string of the molecule is O=C(NC[C@H]1COCc2nc3ccccc3n21)C1CC1. The molecule has 5 nitrogen and oxygen atoms in total. The molecule has 2 aliphatic rings. The molecule has 2 heterocycles. The molecule has 4 rings (SSSR count). The number of hydrogen-bond donors (Lipinski definition) is 1. The van der Waals surface area contributed by atoms with Crippen LogP contribution in [0.4, 0.5) is 0 Å². The Morgan fingerprint density at radius 1 is 1.40 bits per heavy atom. The molecule has 1 saturated carbocycles. The first-order chi connectivity index (χ1) is 9.83. The van der Waals surface area contributed by atoms with Crippen LogP contribution in [-0.4, -0.2) is 28.6 Å². The summed E-state index contributed by atoms with van der Waals surface area (Å²) in [7, 11) is 0. The topological polar surface area (TPSA) is 56.1 Å². The summed E-state index contributed by atoms with van der Waals surface area (Å²) in [6.07, 6.45) is 2.07. The second-order valence-electron chi connectivity index (χ2n) is 5.58. The van der Waals surface area contributed by atoms with Gasteiger partial charge in [-0.25, -0.2) is 4.98 Å². The summed E-state index contributed by atoms with van der Waals surface area (Å²) < 4.78 is 7.83. The molecule has 1 N–H and O–H groups in total. The van der Waals surface area contributed by atoms with E-state index in [1.54, 1.807) is 0 Å². The van der Waals surface area contributed by atoms with E-state index in [-0.39, 0.29) is 17.9 Å². The standard InChI is InChI=1S/C15H17N3O2/c19-15(10-5-6-10)16-7-11-8-20-9-14-17-12-3-1-2-4-13(12)18(11)14/h1-4,10-11H,5-9H2,(H,16,19)/t11-/m0/s1. The first kappa shape index (κ1) is 11.9. The van der Waals surface area contributed by atoms with Gasteiger partial charge in [0, 0.05) is 12.5 Å². The molecule has 104 valence electrons. The van der Waals surface area contributed by atoms with Gasteiger partial charge in [-0.2, -0.15) is 0 Å². The fourth-order valence-electron chi connectivity index (χ4n) is 2.82. The molecule has 1 aromatic carbocycles. The van der Waals surface area contributed by atoms with E-state index in [9.17, 15) is 4.79 Å². The molecule has 0 bridgehead atoms. The second-order valence-corrected chi connectivity index (χ2v) is 5.58. The number of imidazole rings is 1. The van der Waals surface area contributed by atoms with Crippen molar-refractivity contribution in [2.75, 3.05) is 13.2 Å². The highest BCUT2D eigenvalue weighted by Crippen LogP contribution is 2.29. The zero-order chi connectivity index (χ0) is 13.5. The summed E-state index contributed by atoms with van der Waals surface area (Å²) in [6, 6.07) is 8.24. The third-order valence-corrected chi connectivity index (χ3v) is 4.04. The predicted octanol–water partition coefficient (Wildman–Crippen LogP) is 1.63. The Balaban J connectivity index is 1.61. The normalized spacial score (nSPS) is 21.7. The minimum atomic E-state index is 0.133. The molecule has 0 unspecified atom stereocenters. The Labute approximate surface area is 116 Å². The van der Waals surface area contributed by atoms with E-state index < -0.39 is 0 Å². The van der Waals surface area contributed by atoms with Crippen molar-refractivity contribution in [3.8, 4) is 0 Å². The number of aromatic nitrogens is 2. The summed E-state index contributed by atoms with van der Waals surface area (Å²) >= 11 is 0. The largest absolute Gasteiger partial charge is 0.371 e. The molecule has 0 spiro atoms. The fourth-order valence-corrected chi connectivity index (χ4v) is 2.82. The van der Waals surface area contributed by atoms with E-state index in [4.69, 9.17) is 4.74 Å². The maximum atomic E-state index is 11.8. The summed E-state index contributed by atoms with van der Waals surface area (Å²) in [5.74, 6) is 1.38. The van der Waals surface area contributed by atoms with E-state index in [0.717, 1.165) is 29.7 Å². The Bertz CT molecular complexity index is 660. The number of carbonyl (C=O) groups excluding carboxylic acids is 1. The molecule has 20 heavy (non-hydrogen) atoms. The second kappa shape index (κ2) is 4.59. The third-order valence-electron chi connectivity index (χ3n) is 4.04. The van der Waals surface area contributed by atoms with Crippen LogP contribution in [0.2, 0.25) is 0 Å². The molecule has 2 aromatic rings. The van der Waals surface area contributed by atoms with Crippen LogP contribution in [0.5, 0.6) is 0 Å². The molecule has 1 aliphatic carbocycles. The zero-order valence-corrected chi connectivity index (χ0v) is 11.2. The van der Waals surface area contributed by atoms with Gasteiger partial charge in [-0.3, -0.25) is 4.79 Å². The van der Waals surface area contributed by atoms with Gasteiger partial charge in [0.1, 0.15) is 12.4 Å². The zero-order valence-electron chi connectivity index (χ0n) is 11.2. The number of benzene rings is 1. The van der Waals surface area contributed by atoms with Gasteiger partial charge in [0.25, 0.3) is 0 Å². The number of hydrogen-bond acceptors (Lipinski definition) is 3. The van der Waals surface area contributed by atoms with Crippen molar-refractivity contribution in [1.82, 2.24) is 14.9 Å². The minimum absolute atomic E-state index is 0.133. The minimum Gasteiger partial charge on any atom is -0.371 e. The smallest absolute Gasteiger partial charge is 0.223 e. The average molecular weight is 271 g/mol. The molecular formula is C15H17N3O2. The van der Waals surface area contributed by atoms with Crippen LogP contribution in [0.25, 0.3) is 11.0 Å². The van der Waals surface area contributed by atoms with E-state index in [2.05, 4.69) is 20.9 Å². The lowest BCUT2D eigenvalue weighted by atomic mass is 10.2. The van der Waals surface area contributed by atoms with Gasteiger partial charge in [0.2, 0.25) is 5.91 Å². The van der Waals surface area contributed by atoms with Crippen LogP contribution >= 0.6 is 0 Å². The van der Waals surface area contributed by atoms with Gasteiger partial charge < -0.3 is 14.6 Å². The van der Waals surface area contributed by atoms with Gasteiger partial charge in [-0.05, 0) is 25.0 Å². The van der Waals surface area contributed by atoms with Crippen molar-refractivity contribution >= 4 is 16.9 Å². The first-order valence-electron chi connectivity index (χ1n) is 7.14. The third kappa shape index (κ3) is 1.98. The predicted molar refractivity (Wildman–Crippen MR) is 74.2 cm³/mol. The number of para-hydroxylation sites is 2. The molecule has 1 aromatic heterocycles. The van der Waals surface area contributed by atoms with Gasteiger partial charge in [-0.1, -0.05) is 12.1 Å². The molecule has 0 radical (unpaired) electrons. The lowest BCUT2D eigenvalue weighted by molar-refractivity contribution is -0.122. The Morgan fingerprint density at radius 3 is 3.10 bits per heavy atom. The maximum Gasteiger partial charge on any atom is 0.223 e. The highest BCUT2D eigenvalue weighted by atomic mass is 16.5. The number of amides is 1. The van der Waals surface area contributed by atoms with E-state index in [1.165, 1.54) is 0 Å². The van der Waals surface area contributed by atoms with Crippen molar-refractivity contribution in [3.63, 3.8) is 0 Å². The van der Waals surface area contributed by atoms with Crippen molar-refractivity contribution < 1.29 is 9.53 Å². The van der Waals surface area contributed by atoms with Gasteiger partial charge in [-0.15, -0.1) is 0 Å². The Hall–Kier alpha value is -1.88. The maximum absolute atomic E-state index is 11.8. The summed E-state index contributed by atoms with van der Waals surface area (Å²) in [5.41, 5.74) is 2.11. The molecule has 0 saturated heterocycles. The van der Waals surface area contributed by atoms with E-state index in [1.807, 2.05) is 18.2 Å². The van der Waals surface area contributed by atoms with Crippen molar-refractivity contribution in [2.45, 2.75) is 25.5 Å². The van der Waals surface area contributed by atoms with Gasteiger partial charge in [0.05, 0.1) is 23.7 Å². The Morgan fingerprint density at radius 2 is 2.25 bits per heavy atom. The van der Waals surface area contributed by atoms with Crippen LogP contribution in [0.3, 0.4) is 0 Å².